The van der Waals surface area contributed by atoms with Crippen LogP contribution in [0.3, 0.4) is 0 Å². The number of hydrogen-bond donors (Lipinski definition) is 0. The molecule has 0 aliphatic heterocycles. The minimum atomic E-state index is -0.140. The van der Waals surface area contributed by atoms with Gasteiger partial charge in [-0.05, 0) is 30.5 Å². The van der Waals surface area contributed by atoms with Crippen LogP contribution in [-0.4, -0.2) is 18.1 Å². The van der Waals surface area contributed by atoms with Crippen LogP contribution in [0, 0.1) is 5.92 Å². The number of esters is 1. The summed E-state index contributed by atoms with van der Waals surface area (Å²) in [4.78, 5) is 16.0. The number of methoxy groups -OCH3 is 1. The Morgan fingerprint density at radius 2 is 2.11 bits per heavy atom. The summed E-state index contributed by atoms with van der Waals surface area (Å²) < 4.78 is 4.83. The van der Waals surface area contributed by atoms with Gasteiger partial charge in [0.2, 0.25) is 0 Å². The number of hydrogen-bond acceptors (Lipinski definition) is 3. The predicted octanol–water partition coefficient (Wildman–Crippen LogP) is 2.98. The maximum Gasteiger partial charge on any atom is 0.308 e. The van der Waals surface area contributed by atoms with Crippen molar-refractivity contribution in [1.29, 1.82) is 0 Å². The van der Waals surface area contributed by atoms with Crippen molar-refractivity contribution in [3.05, 3.63) is 42.1 Å². The Hall–Kier alpha value is -1.90. The Morgan fingerprint density at radius 1 is 1.33 bits per heavy atom. The molecular formula is C15H17NO2. The summed E-state index contributed by atoms with van der Waals surface area (Å²) in [6.45, 7) is 2.00. The van der Waals surface area contributed by atoms with Crippen LogP contribution in [0.4, 0.5) is 0 Å². The molecule has 0 saturated carbocycles. The zero-order valence-electron chi connectivity index (χ0n) is 10.7. The van der Waals surface area contributed by atoms with Crippen molar-refractivity contribution in [2.24, 2.45) is 5.92 Å². The summed E-state index contributed by atoms with van der Waals surface area (Å²) >= 11 is 0. The fourth-order valence-electron chi connectivity index (χ4n) is 2.16. The SMILES string of the molecule is CCC(Cc1ccnc2ccccc12)C(=O)OC. The van der Waals surface area contributed by atoms with Crippen LogP contribution in [0.2, 0.25) is 0 Å². The molecule has 0 N–H and O–H groups in total. The van der Waals surface area contributed by atoms with E-state index in [9.17, 15) is 4.79 Å². The molecule has 18 heavy (non-hydrogen) atoms. The lowest BCUT2D eigenvalue weighted by Crippen LogP contribution is -2.18. The minimum absolute atomic E-state index is 0.0826. The van der Waals surface area contributed by atoms with E-state index in [0.717, 1.165) is 22.9 Å². The monoisotopic (exact) mass is 243 g/mol. The third-order valence-electron chi connectivity index (χ3n) is 3.23. The van der Waals surface area contributed by atoms with Crippen molar-refractivity contribution in [1.82, 2.24) is 4.98 Å². The molecule has 2 rings (SSSR count). The molecular weight excluding hydrogens is 226 g/mol. The lowest BCUT2D eigenvalue weighted by Gasteiger charge is -2.13. The number of nitrogens with zero attached hydrogens (tertiary/aromatic N) is 1. The number of aromatic nitrogens is 1. The highest BCUT2D eigenvalue weighted by Crippen LogP contribution is 2.21. The first-order valence-electron chi connectivity index (χ1n) is 6.16. The zero-order valence-corrected chi connectivity index (χ0v) is 10.7. The highest BCUT2D eigenvalue weighted by atomic mass is 16.5. The molecule has 0 spiro atoms. The lowest BCUT2D eigenvalue weighted by molar-refractivity contribution is -0.145. The summed E-state index contributed by atoms with van der Waals surface area (Å²) in [6.07, 6.45) is 3.27. The first kappa shape index (κ1) is 12.6. The van der Waals surface area contributed by atoms with E-state index in [-0.39, 0.29) is 11.9 Å². The number of fused-ring (bicyclic) bond motifs is 1. The molecule has 3 heteroatoms. The molecule has 2 aromatic rings. The van der Waals surface area contributed by atoms with Gasteiger partial charge in [-0.25, -0.2) is 0 Å². The van der Waals surface area contributed by atoms with Crippen molar-refractivity contribution in [3.8, 4) is 0 Å². The van der Waals surface area contributed by atoms with Crippen molar-refractivity contribution in [2.45, 2.75) is 19.8 Å². The second kappa shape index (κ2) is 5.63. The van der Waals surface area contributed by atoms with E-state index < -0.39 is 0 Å². The van der Waals surface area contributed by atoms with E-state index in [4.69, 9.17) is 4.74 Å². The van der Waals surface area contributed by atoms with Crippen molar-refractivity contribution in [3.63, 3.8) is 0 Å². The number of rotatable bonds is 4. The van der Waals surface area contributed by atoms with Crippen molar-refractivity contribution < 1.29 is 9.53 Å². The fraction of sp³-hybridized carbons (Fsp3) is 0.333. The molecule has 0 bridgehead atoms. The van der Waals surface area contributed by atoms with Gasteiger partial charge in [-0.1, -0.05) is 25.1 Å². The Labute approximate surface area is 107 Å². The predicted molar refractivity (Wildman–Crippen MR) is 71.2 cm³/mol. The minimum Gasteiger partial charge on any atom is -0.469 e. The third-order valence-corrected chi connectivity index (χ3v) is 3.23. The van der Waals surface area contributed by atoms with Gasteiger partial charge in [0, 0.05) is 11.6 Å². The van der Waals surface area contributed by atoms with Gasteiger partial charge in [-0.15, -0.1) is 0 Å². The van der Waals surface area contributed by atoms with Gasteiger partial charge in [0.25, 0.3) is 0 Å². The Morgan fingerprint density at radius 3 is 2.83 bits per heavy atom. The smallest absolute Gasteiger partial charge is 0.308 e. The standard InChI is InChI=1S/C15H17NO2/c1-3-11(15(17)18-2)10-12-8-9-16-14-7-5-4-6-13(12)14/h4-9,11H,3,10H2,1-2H3. The summed E-state index contributed by atoms with van der Waals surface area (Å²) in [5.41, 5.74) is 2.12. The molecule has 94 valence electrons. The second-order valence-corrected chi connectivity index (χ2v) is 4.32. The van der Waals surface area contributed by atoms with Crippen LogP contribution in [0.5, 0.6) is 0 Å². The molecule has 0 saturated heterocycles. The molecule has 0 radical (unpaired) electrons. The van der Waals surface area contributed by atoms with E-state index in [2.05, 4.69) is 4.98 Å². The van der Waals surface area contributed by atoms with E-state index in [0.29, 0.717) is 6.42 Å². The van der Waals surface area contributed by atoms with Gasteiger partial charge in [-0.2, -0.15) is 0 Å². The topological polar surface area (TPSA) is 39.2 Å². The number of ether oxygens (including phenoxy) is 1. The number of benzene rings is 1. The maximum absolute atomic E-state index is 11.6. The van der Waals surface area contributed by atoms with Gasteiger partial charge in [-0.3, -0.25) is 9.78 Å². The third kappa shape index (κ3) is 2.50. The van der Waals surface area contributed by atoms with Crippen LogP contribution in [0.15, 0.2) is 36.5 Å². The normalized spacial score (nSPS) is 12.3. The van der Waals surface area contributed by atoms with E-state index in [1.807, 2.05) is 37.3 Å². The first-order chi connectivity index (χ1) is 8.76. The van der Waals surface area contributed by atoms with E-state index in [1.165, 1.54) is 7.11 Å². The van der Waals surface area contributed by atoms with Crippen molar-refractivity contribution in [2.75, 3.05) is 7.11 Å². The Balaban J connectivity index is 2.33. The van der Waals surface area contributed by atoms with Gasteiger partial charge in [0.1, 0.15) is 0 Å². The van der Waals surface area contributed by atoms with E-state index >= 15 is 0 Å². The first-order valence-corrected chi connectivity index (χ1v) is 6.16. The summed E-state index contributed by atoms with van der Waals surface area (Å²) in [5.74, 6) is -0.223. The molecule has 1 atom stereocenters. The van der Waals surface area contributed by atoms with Gasteiger partial charge in [0.05, 0.1) is 18.5 Å². The molecule has 3 nitrogen and oxygen atoms in total. The Kier molecular flexibility index (Phi) is 3.92. The van der Waals surface area contributed by atoms with Gasteiger partial charge < -0.3 is 4.74 Å². The van der Waals surface area contributed by atoms with Crippen molar-refractivity contribution >= 4 is 16.9 Å². The number of para-hydroxylation sites is 1. The van der Waals surface area contributed by atoms with Crippen LogP contribution in [-0.2, 0) is 16.0 Å². The summed E-state index contributed by atoms with van der Waals surface area (Å²) in [6, 6.07) is 9.97. The average molecular weight is 243 g/mol. The highest BCUT2D eigenvalue weighted by Gasteiger charge is 2.18. The van der Waals surface area contributed by atoms with Crippen LogP contribution in [0.1, 0.15) is 18.9 Å². The lowest BCUT2D eigenvalue weighted by atomic mass is 9.95. The van der Waals surface area contributed by atoms with Crippen LogP contribution < -0.4 is 0 Å². The average Bonchev–Trinajstić information content (AvgIpc) is 2.44. The summed E-state index contributed by atoms with van der Waals surface area (Å²) in [5, 5.41) is 1.11. The summed E-state index contributed by atoms with van der Waals surface area (Å²) in [7, 11) is 1.44. The second-order valence-electron chi connectivity index (χ2n) is 4.32. The molecule has 1 heterocycles. The Bertz CT molecular complexity index is 546. The van der Waals surface area contributed by atoms with Gasteiger partial charge >= 0.3 is 5.97 Å². The largest absolute Gasteiger partial charge is 0.469 e. The molecule has 1 aromatic carbocycles. The van der Waals surface area contributed by atoms with Gasteiger partial charge in [0.15, 0.2) is 0 Å². The maximum atomic E-state index is 11.6. The number of carbonyl (C=O) groups excluding carboxylic acids is 1. The molecule has 0 aliphatic carbocycles. The molecule has 0 aliphatic rings. The van der Waals surface area contributed by atoms with Crippen LogP contribution >= 0.6 is 0 Å². The molecule has 0 fully saturated rings. The van der Waals surface area contributed by atoms with Crippen LogP contribution in [0.25, 0.3) is 10.9 Å². The highest BCUT2D eigenvalue weighted by molar-refractivity contribution is 5.82. The molecule has 1 unspecified atom stereocenters. The molecule has 0 amide bonds. The number of carbonyl (C=O) groups is 1. The number of pyridine rings is 1. The molecule has 1 aromatic heterocycles. The zero-order chi connectivity index (χ0) is 13.0. The van der Waals surface area contributed by atoms with E-state index in [1.54, 1.807) is 6.20 Å². The fourth-order valence-corrected chi connectivity index (χ4v) is 2.16. The quantitative estimate of drug-likeness (QED) is 0.775.